The predicted molar refractivity (Wildman–Crippen MR) is 78.6 cm³/mol. The van der Waals surface area contributed by atoms with E-state index in [1.807, 2.05) is 0 Å². The number of carbonyl (C=O) groups excluding carboxylic acids is 1. The van der Waals surface area contributed by atoms with Crippen LogP contribution in [0, 0.1) is 5.82 Å². The molecular formula is C14H13FN2O3S. The van der Waals surface area contributed by atoms with E-state index in [2.05, 4.69) is 10.3 Å². The van der Waals surface area contributed by atoms with Crippen LogP contribution in [0.5, 0.6) is 5.75 Å². The molecular weight excluding hydrogens is 295 g/mol. The molecule has 0 aromatic heterocycles. The van der Waals surface area contributed by atoms with Crippen LogP contribution in [-0.2, 0) is 16.1 Å². The fraction of sp³-hybridized carbons (Fsp3) is 0.286. The van der Waals surface area contributed by atoms with E-state index in [0.29, 0.717) is 28.7 Å². The van der Waals surface area contributed by atoms with Crippen molar-refractivity contribution in [3.63, 3.8) is 0 Å². The smallest absolute Gasteiger partial charge is 0.249 e. The highest BCUT2D eigenvalue weighted by Crippen LogP contribution is 2.30. The number of hydrogen-bond donors (Lipinski definition) is 1. The van der Waals surface area contributed by atoms with E-state index in [-0.39, 0.29) is 12.7 Å². The molecule has 0 unspecified atom stereocenters. The third kappa shape index (κ3) is 3.43. The molecule has 0 bridgehead atoms. The monoisotopic (exact) mass is 308 g/mol. The van der Waals surface area contributed by atoms with E-state index in [4.69, 9.17) is 9.47 Å². The number of hydrogen-bond acceptors (Lipinski definition) is 5. The Morgan fingerprint density at radius 1 is 1.48 bits per heavy atom. The second-order valence-corrected chi connectivity index (χ2v) is 5.54. The summed E-state index contributed by atoms with van der Waals surface area (Å²) in [5.41, 5.74) is 1.15. The maximum atomic E-state index is 13.5. The van der Waals surface area contributed by atoms with Gasteiger partial charge in [-0.25, -0.2) is 4.39 Å². The molecule has 0 atom stereocenters. The van der Waals surface area contributed by atoms with Crippen LogP contribution in [0.4, 0.5) is 4.39 Å². The first-order valence-corrected chi connectivity index (χ1v) is 7.40. The highest BCUT2D eigenvalue weighted by molar-refractivity contribution is 8.14. The zero-order chi connectivity index (χ0) is 14.7. The van der Waals surface area contributed by atoms with Crippen LogP contribution in [0.25, 0.3) is 6.08 Å². The Bertz CT molecular complexity index is 631. The first-order valence-electron chi connectivity index (χ1n) is 6.41. The minimum Gasteiger partial charge on any atom is -0.467 e. The maximum absolute atomic E-state index is 13.5. The van der Waals surface area contributed by atoms with Crippen molar-refractivity contribution in [2.75, 3.05) is 19.1 Å². The molecule has 2 aliphatic rings. The number of aliphatic imine (C=N–C) groups is 1. The van der Waals surface area contributed by atoms with Gasteiger partial charge >= 0.3 is 0 Å². The molecule has 0 saturated heterocycles. The Balaban J connectivity index is 1.76. The molecule has 2 heterocycles. The zero-order valence-electron chi connectivity index (χ0n) is 11.1. The predicted octanol–water partition coefficient (Wildman–Crippen LogP) is 1.92. The number of thioether (sulfide) groups is 1. The number of amides is 1. The van der Waals surface area contributed by atoms with Crippen LogP contribution in [0.1, 0.15) is 11.1 Å². The third-order valence-electron chi connectivity index (χ3n) is 2.93. The minimum absolute atomic E-state index is 0.124. The molecule has 2 aliphatic heterocycles. The molecule has 3 rings (SSSR count). The summed E-state index contributed by atoms with van der Waals surface area (Å²) in [5, 5.41) is 3.29. The summed E-state index contributed by atoms with van der Waals surface area (Å²) < 4.78 is 24.0. The lowest BCUT2D eigenvalue weighted by molar-refractivity contribution is -0.115. The fourth-order valence-electron chi connectivity index (χ4n) is 2.06. The van der Waals surface area contributed by atoms with Crippen molar-refractivity contribution in [3.05, 3.63) is 35.2 Å². The summed E-state index contributed by atoms with van der Waals surface area (Å²) in [6.07, 6.45) is 2.87. The Morgan fingerprint density at radius 2 is 2.38 bits per heavy atom. The lowest BCUT2D eigenvalue weighted by atomic mass is 10.1. The standard InChI is InChI=1S/C14H13FN2O3S/c15-11-5-9(13-10(6-11)7-19-8-20-13)1-2-12(18)17-14-16-3-4-21-14/h1-2,5-6H,3-4,7-8H2,(H,16,17,18). The van der Waals surface area contributed by atoms with E-state index in [9.17, 15) is 9.18 Å². The van der Waals surface area contributed by atoms with Gasteiger partial charge in [-0.1, -0.05) is 11.8 Å². The number of halogens is 1. The normalized spacial score (nSPS) is 17.3. The van der Waals surface area contributed by atoms with Crippen molar-refractivity contribution < 1.29 is 18.7 Å². The zero-order valence-corrected chi connectivity index (χ0v) is 11.9. The Kier molecular flexibility index (Phi) is 4.21. The molecule has 21 heavy (non-hydrogen) atoms. The molecule has 1 amide bonds. The van der Waals surface area contributed by atoms with Gasteiger partial charge in [-0.05, 0) is 18.2 Å². The molecule has 0 fully saturated rings. The SMILES string of the molecule is O=C(C=Cc1cc(F)cc2c1OCOC2)NC1=NCCS1. The topological polar surface area (TPSA) is 59.9 Å². The summed E-state index contributed by atoms with van der Waals surface area (Å²) >= 11 is 1.50. The summed E-state index contributed by atoms with van der Waals surface area (Å²) in [6, 6.07) is 2.70. The first kappa shape index (κ1) is 14.1. The van der Waals surface area contributed by atoms with Crippen molar-refractivity contribution in [2.45, 2.75) is 6.61 Å². The Morgan fingerprint density at radius 3 is 3.19 bits per heavy atom. The summed E-state index contributed by atoms with van der Waals surface area (Å²) in [4.78, 5) is 15.9. The average molecular weight is 308 g/mol. The molecule has 1 aromatic carbocycles. The second kappa shape index (κ2) is 6.28. The molecule has 1 N–H and O–H groups in total. The van der Waals surface area contributed by atoms with Gasteiger partial charge in [0.25, 0.3) is 0 Å². The number of fused-ring (bicyclic) bond motifs is 1. The largest absolute Gasteiger partial charge is 0.467 e. The summed E-state index contributed by atoms with van der Waals surface area (Å²) in [6.45, 7) is 1.14. The number of nitrogens with one attached hydrogen (secondary N) is 1. The van der Waals surface area contributed by atoms with Crippen molar-refractivity contribution in [3.8, 4) is 5.75 Å². The van der Waals surface area contributed by atoms with Crippen LogP contribution in [0.15, 0.2) is 23.2 Å². The lowest BCUT2D eigenvalue weighted by Crippen LogP contribution is -2.25. The second-order valence-electron chi connectivity index (χ2n) is 4.45. The van der Waals surface area contributed by atoms with Gasteiger partial charge in [-0.2, -0.15) is 0 Å². The van der Waals surface area contributed by atoms with E-state index >= 15 is 0 Å². The van der Waals surface area contributed by atoms with Gasteiger partial charge in [0.1, 0.15) is 11.6 Å². The Labute approximate surface area is 125 Å². The number of benzene rings is 1. The fourth-order valence-corrected chi connectivity index (χ4v) is 2.79. The number of amidine groups is 1. The van der Waals surface area contributed by atoms with Gasteiger partial charge < -0.3 is 14.8 Å². The van der Waals surface area contributed by atoms with Gasteiger partial charge in [-0.3, -0.25) is 9.79 Å². The third-order valence-corrected chi connectivity index (χ3v) is 3.82. The van der Waals surface area contributed by atoms with Gasteiger partial charge in [0.2, 0.25) is 5.91 Å². The number of ether oxygens (including phenoxy) is 2. The Hall–Kier alpha value is -1.86. The lowest BCUT2D eigenvalue weighted by Gasteiger charge is -2.19. The molecule has 0 saturated carbocycles. The molecule has 1 aromatic rings. The van der Waals surface area contributed by atoms with Crippen LogP contribution >= 0.6 is 11.8 Å². The average Bonchev–Trinajstić information content (AvgIpc) is 2.97. The number of carbonyl (C=O) groups is 1. The van der Waals surface area contributed by atoms with E-state index in [0.717, 1.165) is 12.3 Å². The van der Waals surface area contributed by atoms with E-state index in [1.165, 1.54) is 36.0 Å². The van der Waals surface area contributed by atoms with Crippen LogP contribution in [-0.4, -0.2) is 30.2 Å². The van der Waals surface area contributed by atoms with Gasteiger partial charge in [0.15, 0.2) is 12.0 Å². The van der Waals surface area contributed by atoms with Gasteiger partial charge in [0, 0.05) is 23.0 Å². The van der Waals surface area contributed by atoms with Crippen LogP contribution in [0.2, 0.25) is 0 Å². The molecule has 0 spiro atoms. The summed E-state index contributed by atoms with van der Waals surface area (Å²) in [7, 11) is 0. The highest BCUT2D eigenvalue weighted by atomic mass is 32.2. The minimum atomic E-state index is -0.390. The van der Waals surface area contributed by atoms with Crippen molar-refractivity contribution >= 4 is 28.9 Å². The molecule has 5 nitrogen and oxygen atoms in total. The van der Waals surface area contributed by atoms with Crippen molar-refractivity contribution in [1.29, 1.82) is 0 Å². The first-order chi connectivity index (χ1) is 10.2. The van der Waals surface area contributed by atoms with Gasteiger partial charge in [-0.15, -0.1) is 0 Å². The van der Waals surface area contributed by atoms with Gasteiger partial charge in [0.05, 0.1) is 13.2 Å². The molecule has 110 valence electrons. The van der Waals surface area contributed by atoms with E-state index in [1.54, 1.807) is 0 Å². The quantitative estimate of drug-likeness (QED) is 0.848. The van der Waals surface area contributed by atoms with Crippen molar-refractivity contribution in [2.24, 2.45) is 4.99 Å². The van der Waals surface area contributed by atoms with Crippen LogP contribution in [0.3, 0.4) is 0 Å². The molecule has 0 radical (unpaired) electrons. The van der Waals surface area contributed by atoms with Crippen LogP contribution < -0.4 is 10.1 Å². The maximum Gasteiger partial charge on any atom is 0.249 e. The molecule has 0 aliphatic carbocycles. The number of rotatable bonds is 2. The van der Waals surface area contributed by atoms with E-state index < -0.39 is 5.82 Å². The van der Waals surface area contributed by atoms with Crippen molar-refractivity contribution in [1.82, 2.24) is 5.32 Å². The molecule has 7 heteroatoms. The number of nitrogens with zero attached hydrogens (tertiary/aromatic N) is 1. The summed E-state index contributed by atoms with van der Waals surface area (Å²) in [5.74, 6) is 0.746. The highest BCUT2D eigenvalue weighted by Gasteiger charge is 2.16.